The van der Waals surface area contributed by atoms with E-state index in [0.717, 1.165) is 11.8 Å². The normalized spacial score (nSPS) is 20.6. The molecule has 1 aliphatic heterocycles. The van der Waals surface area contributed by atoms with E-state index in [0.29, 0.717) is 19.4 Å². The van der Waals surface area contributed by atoms with E-state index in [-0.39, 0.29) is 6.61 Å². The molecule has 1 heterocycles. The number of benzene rings is 1. The summed E-state index contributed by atoms with van der Waals surface area (Å²) in [5.41, 5.74) is 0.876. The van der Waals surface area contributed by atoms with E-state index in [4.69, 9.17) is 9.47 Å². The van der Waals surface area contributed by atoms with Gasteiger partial charge in [0.1, 0.15) is 19.0 Å². The third kappa shape index (κ3) is 3.84. The van der Waals surface area contributed by atoms with Crippen molar-refractivity contribution in [2.75, 3.05) is 6.54 Å². The summed E-state index contributed by atoms with van der Waals surface area (Å²) >= 11 is 0. The predicted octanol–water partition coefficient (Wildman–Crippen LogP) is 1.92. The van der Waals surface area contributed by atoms with Crippen molar-refractivity contribution in [3.63, 3.8) is 0 Å². The molecule has 0 N–H and O–H groups in total. The van der Waals surface area contributed by atoms with Crippen molar-refractivity contribution < 1.29 is 23.9 Å². The SMILES string of the molecule is CC1OC(=O)N(CCCC=O)C1C(=O)OCc1ccccc1. The highest BCUT2D eigenvalue weighted by Crippen LogP contribution is 2.21. The number of unbranched alkanes of at least 4 members (excludes halogenated alkanes) is 1. The first-order chi connectivity index (χ1) is 10.6. The predicted molar refractivity (Wildman–Crippen MR) is 78.0 cm³/mol. The van der Waals surface area contributed by atoms with Gasteiger partial charge in [-0.2, -0.15) is 0 Å². The lowest BCUT2D eigenvalue weighted by Gasteiger charge is -2.21. The molecular formula is C16H19NO5. The second kappa shape index (κ2) is 7.59. The first-order valence-electron chi connectivity index (χ1n) is 7.25. The summed E-state index contributed by atoms with van der Waals surface area (Å²) in [7, 11) is 0. The standard InChI is InChI=1S/C16H19NO5/c1-12-14(17(16(20)22-12)9-5-6-10-18)15(19)21-11-13-7-3-2-4-8-13/h2-4,7-8,10,12,14H,5-6,9,11H2,1H3. The minimum atomic E-state index is -0.761. The minimum Gasteiger partial charge on any atom is -0.459 e. The molecule has 1 amide bonds. The van der Waals surface area contributed by atoms with Crippen LogP contribution in [0.15, 0.2) is 30.3 Å². The second-order valence-electron chi connectivity index (χ2n) is 5.13. The average molecular weight is 305 g/mol. The first-order valence-corrected chi connectivity index (χ1v) is 7.25. The minimum absolute atomic E-state index is 0.152. The highest BCUT2D eigenvalue weighted by molar-refractivity contribution is 5.85. The lowest BCUT2D eigenvalue weighted by Crippen LogP contribution is -2.43. The number of carbonyl (C=O) groups is 3. The zero-order valence-corrected chi connectivity index (χ0v) is 12.4. The maximum Gasteiger partial charge on any atom is 0.411 e. The van der Waals surface area contributed by atoms with Crippen molar-refractivity contribution >= 4 is 18.3 Å². The third-order valence-corrected chi connectivity index (χ3v) is 3.49. The molecule has 1 aliphatic rings. The van der Waals surface area contributed by atoms with Gasteiger partial charge < -0.3 is 14.3 Å². The van der Waals surface area contributed by atoms with Crippen LogP contribution in [-0.4, -0.2) is 41.9 Å². The van der Waals surface area contributed by atoms with Gasteiger partial charge in [0.15, 0.2) is 6.04 Å². The van der Waals surface area contributed by atoms with Crippen molar-refractivity contribution in [2.24, 2.45) is 0 Å². The fourth-order valence-corrected chi connectivity index (χ4v) is 2.37. The van der Waals surface area contributed by atoms with Gasteiger partial charge in [-0.15, -0.1) is 0 Å². The van der Waals surface area contributed by atoms with Crippen LogP contribution in [-0.2, 0) is 25.7 Å². The molecule has 1 aromatic carbocycles. The molecule has 0 radical (unpaired) electrons. The molecule has 1 fully saturated rings. The van der Waals surface area contributed by atoms with E-state index in [9.17, 15) is 14.4 Å². The van der Waals surface area contributed by atoms with Crippen LogP contribution in [0.5, 0.6) is 0 Å². The molecule has 2 rings (SSSR count). The van der Waals surface area contributed by atoms with Crippen LogP contribution in [0.2, 0.25) is 0 Å². The van der Waals surface area contributed by atoms with E-state index in [1.807, 2.05) is 30.3 Å². The van der Waals surface area contributed by atoms with Crippen LogP contribution < -0.4 is 0 Å². The van der Waals surface area contributed by atoms with Gasteiger partial charge in [0.25, 0.3) is 0 Å². The maximum atomic E-state index is 12.3. The lowest BCUT2D eigenvalue weighted by atomic mass is 10.1. The van der Waals surface area contributed by atoms with E-state index in [1.54, 1.807) is 6.92 Å². The van der Waals surface area contributed by atoms with Gasteiger partial charge in [-0.25, -0.2) is 9.59 Å². The molecule has 2 unspecified atom stereocenters. The summed E-state index contributed by atoms with van der Waals surface area (Å²) in [5.74, 6) is -0.492. The summed E-state index contributed by atoms with van der Waals surface area (Å²) in [6.07, 6.45) is 0.512. The van der Waals surface area contributed by atoms with Gasteiger partial charge in [0.2, 0.25) is 0 Å². The monoisotopic (exact) mass is 305 g/mol. The number of carbonyl (C=O) groups excluding carboxylic acids is 3. The Morgan fingerprint density at radius 3 is 2.77 bits per heavy atom. The van der Waals surface area contributed by atoms with E-state index in [1.165, 1.54) is 4.90 Å². The largest absolute Gasteiger partial charge is 0.459 e. The Hall–Kier alpha value is -2.37. The Morgan fingerprint density at radius 1 is 1.36 bits per heavy atom. The number of esters is 1. The van der Waals surface area contributed by atoms with Gasteiger partial charge in [-0.05, 0) is 18.9 Å². The molecule has 1 saturated heterocycles. The van der Waals surface area contributed by atoms with Crippen LogP contribution in [0.4, 0.5) is 4.79 Å². The molecule has 0 aromatic heterocycles. The topological polar surface area (TPSA) is 72.9 Å². The van der Waals surface area contributed by atoms with Crippen molar-refractivity contribution in [3.05, 3.63) is 35.9 Å². The zero-order chi connectivity index (χ0) is 15.9. The molecule has 118 valence electrons. The average Bonchev–Trinajstić information content (AvgIpc) is 2.80. The van der Waals surface area contributed by atoms with Gasteiger partial charge in [-0.3, -0.25) is 4.90 Å². The number of amides is 1. The summed E-state index contributed by atoms with van der Waals surface area (Å²) in [4.78, 5) is 35.7. The third-order valence-electron chi connectivity index (χ3n) is 3.49. The van der Waals surface area contributed by atoms with Crippen molar-refractivity contribution in [3.8, 4) is 0 Å². The van der Waals surface area contributed by atoms with E-state index < -0.39 is 24.2 Å². The number of hydrogen-bond donors (Lipinski definition) is 0. The fourth-order valence-electron chi connectivity index (χ4n) is 2.37. The zero-order valence-electron chi connectivity index (χ0n) is 12.4. The molecular weight excluding hydrogens is 286 g/mol. The fraction of sp³-hybridized carbons (Fsp3) is 0.438. The van der Waals surface area contributed by atoms with Crippen molar-refractivity contribution in [1.29, 1.82) is 0 Å². The Balaban J connectivity index is 1.95. The maximum absolute atomic E-state index is 12.3. The van der Waals surface area contributed by atoms with Gasteiger partial charge in [-0.1, -0.05) is 30.3 Å². The number of nitrogens with zero attached hydrogens (tertiary/aromatic N) is 1. The number of hydrogen-bond acceptors (Lipinski definition) is 5. The molecule has 22 heavy (non-hydrogen) atoms. The Bertz CT molecular complexity index is 531. The van der Waals surface area contributed by atoms with Crippen LogP contribution in [0.25, 0.3) is 0 Å². The molecule has 0 spiro atoms. The second-order valence-corrected chi connectivity index (χ2v) is 5.13. The molecule has 6 nitrogen and oxygen atoms in total. The Labute approximate surface area is 129 Å². The summed E-state index contributed by atoms with van der Waals surface area (Å²) < 4.78 is 10.4. The van der Waals surface area contributed by atoms with Crippen LogP contribution in [0.3, 0.4) is 0 Å². The molecule has 0 aliphatic carbocycles. The van der Waals surface area contributed by atoms with Gasteiger partial charge in [0, 0.05) is 13.0 Å². The molecule has 2 atom stereocenters. The van der Waals surface area contributed by atoms with Crippen LogP contribution in [0, 0.1) is 0 Å². The number of cyclic esters (lactones) is 1. The Morgan fingerprint density at radius 2 is 2.09 bits per heavy atom. The number of rotatable bonds is 7. The quantitative estimate of drug-likeness (QED) is 0.437. The highest BCUT2D eigenvalue weighted by atomic mass is 16.6. The van der Waals surface area contributed by atoms with E-state index in [2.05, 4.69) is 0 Å². The highest BCUT2D eigenvalue weighted by Gasteiger charge is 2.44. The molecule has 6 heteroatoms. The lowest BCUT2D eigenvalue weighted by molar-refractivity contribution is -0.150. The number of aldehydes is 1. The molecule has 0 saturated carbocycles. The summed E-state index contributed by atoms with van der Waals surface area (Å²) in [5, 5.41) is 0. The smallest absolute Gasteiger partial charge is 0.411 e. The van der Waals surface area contributed by atoms with Crippen molar-refractivity contribution in [1.82, 2.24) is 4.90 Å². The van der Waals surface area contributed by atoms with E-state index >= 15 is 0 Å². The van der Waals surface area contributed by atoms with Crippen molar-refractivity contribution in [2.45, 2.75) is 38.5 Å². The number of ether oxygens (including phenoxy) is 2. The Kier molecular flexibility index (Phi) is 5.52. The summed E-state index contributed by atoms with van der Waals surface area (Å²) in [6.45, 7) is 2.11. The van der Waals surface area contributed by atoms with Crippen LogP contribution >= 0.6 is 0 Å². The van der Waals surface area contributed by atoms with Gasteiger partial charge >= 0.3 is 12.1 Å². The summed E-state index contributed by atoms with van der Waals surface area (Å²) in [6, 6.07) is 8.55. The van der Waals surface area contributed by atoms with Crippen LogP contribution in [0.1, 0.15) is 25.3 Å². The first kappa shape index (κ1) is 16.0. The van der Waals surface area contributed by atoms with Gasteiger partial charge in [0.05, 0.1) is 0 Å². The molecule has 1 aromatic rings. The molecule has 0 bridgehead atoms.